The molecule has 0 amide bonds. The van der Waals surface area contributed by atoms with Gasteiger partial charge in [0.15, 0.2) is 0 Å². The van der Waals surface area contributed by atoms with Gasteiger partial charge in [-0.1, -0.05) is 0 Å². The maximum atomic E-state index is 5.26. The molecule has 46 valence electrons. The first-order valence-electron chi connectivity index (χ1n) is 3.28. The Morgan fingerprint density at radius 3 is 2.88 bits per heavy atom. The van der Waals surface area contributed by atoms with Crippen molar-refractivity contribution in [3.05, 3.63) is 0 Å². The zero-order chi connectivity index (χ0) is 5.40. The molecule has 0 bridgehead atoms. The van der Waals surface area contributed by atoms with E-state index in [1.54, 1.807) is 0 Å². The summed E-state index contributed by atoms with van der Waals surface area (Å²) in [6, 6.07) is 0.809. The van der Waals surface area contributed by atoms with Crippen molar-refractivity contribution >= 4 is 0 Å². The highest BCUT2D eigenvalue weighted by atomic mass is 16.5. The molecule has 0 aromatic heterocycles. The van der Waals surface area contributed by atoms with Gasteiger partial charge in [0.2, 0.25) is 0 Å². The van der Waals surface area contributed by atoms with Crippen LogP contribution in [0.15, 0.2) is 0 Å². The van der Waals surface area contributed by atoms with E-state index in [4.69, 9.17) is 4.74 Å². The van der Waals surface area contributed by atoms with Crippen molar-refractivity contribution in [2.75, 3.05) is 19.8 Å². The molecule has 1 N–H and O–H groups in total. The minimum atomic E-state index is 0.809. The topological polar surface area (TPSA) is 21.3 Å². The predicted octanol–water partition coefficient (Wildman–Crippen LogP) is -0.00530. The average molecular weight is 113 g/mol. The molecule has 2 rings (SSSR count). The summed E-state index contributed by atoms with van der Waals surface area (Å²) in [7, 11) is 0. The number of fused-ring (bicyclic) bond motifs is 1. The third-order valence-corrected chi connectivity index (χ3v) is 2.12. The normalized spacial score (nSPS) is 45.0. The second-order valence-electron chi connectivity index (χ2n) is 2.64. The Labute approximate surface area is 49.2 Å². The molecule has 2 aliphatic heterocycles. The Hall–Kier alpha value is -0.0800. The van der Waals surface area contributed by atoms with E-state index >= 15 is 0 Å². The first kappa shape index (κ1) is 4.77. The second-order valence-corrected chi connectivity index (χ2v) is 2.64. The zero-order valence-electron chi connectivity index (χ0n) is 4.89. The lowest BCUT2D eigenvalue weighted by Gasteiger charge is -2.41. The molecule has 2 fully saturated rings. The minimum absolute atomic E-state index is 0.809. The third-order valence-electron chi connectivity index (χ3n) is 2.12. The summed E-state index contributed by atoms with van der Waals surface area (Å²) < 4.78 is 5.26. The molecule has 2 saturated heterocycles. The van der Waals surface area contributed by atoms with Crippen LogP contribution in [0.5, 0.6) is 0 Å². The molecule has 0 saturated carbocycles. The molecule has 2 heteroatoms. The van der Waals surface area contributed by atoms with E-state index in [9.17, 15) is 0 Å². The fourth-order valence-corrected chi connectivity index (χ4v) is 1.41. The van der Waals surface area contributed by atoms with E-state index in [-0.39, 0.29) is 0 Å². The zero-order valence-corrected chi connectivity index (χ0v) is 4.89. The number of hydrogen-bond donors (Lipinski definition) is 1. The van der Waals surface area contributed by atoms with Gasteiger partial charge in [0.25, 0.3) is 0 Å². The van der Waals surface area contributed by atoms with Crippen molar-refractivity contribution in [2.24, 2.45) is 5.92 Å². The highest BCUT2D eigenvalue weighted by Crippen LogP contribution is 2.20. The van der Waals surface area contributed by atoms with Gasteiger partial charge in [-0.25, -0.2) is 0 Å². The molecule has 0 aromatic rings. The fourth-order valence-electron chi connectivity index (χ4n) is 1.41. The van der Waals surface area contributed by atoms with Crippen molar-refractivity contribution in [3.63, 3.8) is 0 Å². The Morgan fingerprint density at radius 1 is 1.50 bits per heavy atom. The van der Waals surface area contributed by atoms with Gasteiger partial charge in [0.05, 0.1) is 6.61 Å². The quantitative estimate of drug-likeness (QED) is 0.477. The molecule has 2 unspecified atom stereocenters. The van der Waals surface area contributed by atoms with Gasteiger partial charge in [-0.15, -0.1) is 0 Å². The number of ether oxygens (including phenoxy) is 1. The summed E-state index contributed by atoms with van der Waals surface area (Å²) in [6.45, 7) is 3.15. The lowest BCUT2D eigenvalue weighted by molar-refractivity contribution is -0.00410. The predicted molar refractivity (Wildman–Crippen MR) is 30.7 cm³/mol. The summed E-state index contributed by atoms with van der Waals surface area (Å²) >= 11 is 0. The molecule has 2 aliphatic rings. The second kappa shape index (κ2) is 1.71. The van der Waals surface area contributed by atoms with Gasteiger partial charge in [-0.2, -0.15) is 0 Å². The Balaban J connectivity index is 1.92. The van der Waals surface area contributed by atoms with Crippen molar-refractivity contribution in [2.45, 2.75) is 12.5 Å². The van der Waals surface area contributed by atoms with Crippen LogP contribution in [-0.4, -0.2) is 25.8 Å². The van der Waals surface area contributed by atoms with Crippen LogP contribution in [0.2, 0.25) is 0 Å². The van der Waals surface area contributed by atoms with Crippen molar-refractivity contribution < 1.29 is 4.74 Å². The summed E-state index contributed by atoms with van der Waals surface area (Å²) in [5.74, 6) is 0.851. The molecule has 2 heterocycles. The van der Waals surface area contributed by atoms with E-state index in [1.807, 2.05) is 0 Å². The molecule has 0 radical (unpaired) electrons. The van der Waals surface area contributed by atoms with Crippen molar-refractivity contribution in [3.8, 4) is 0 Å². The van der Waals surface area contributed by atoms with Gasteiger partial charge >= 0.3 is 0 Å². The maximum Gasteiger partial charge on any atom is 0.0521 e. The van der Waals surface area contributed by atoms with Gasteiger partial charge in [0.1, 0.15) is 0 Å². The van der Waals surface area contributed by atoms with Crippen LogP contribution in [0.25, 0.3) is 0 Å². The van der Waals surface area contributed by atoms with Crippen LogP contribution in [0.4, 0.5) is 0 Å². The first-order valence-corrected chi connectivity index (χ1v) is 3.28. The van der Waals surface area contributed by atoms with Gasteiger partial charge in [-0.05, 0) is 6.42 Å². The molecule has 2 nitrogen and oxygen atoms in total. The van der Waals surface area contributed by atoms with Gasteiger partial charge < -0.3 is 10.1 Å². The van der Waals surface area contributed by atoms with Gasteiger partial charge in [0, 0.05) is 25.1 Å². The van der Waals surface area contributed by atoms with E-state index in [2.05, 4.69) is 5.32 Å². The van der Waals surface area contributed by atoms with Crippen LogP contribution >= 0.6 is 0 Å². The maximum absolute atomic E-state index is 5.26. The number of hydrogen-bond acceptors (Lipinski definition) is 2. The highest BCUT2D eigenvalue weighted by molar-refractivity contribution is 4.89. The third kappa shape index (κ3) is 0.565. The largest absolute Gasteiger partial charge is 0.381 e. The number of rotatable bonds is 0. The standard InChI is InChI=1S/C6H11NO/c1-2-8-4-5-3-7-6(1)5/h5-7H,1-4H2. The molecule has 0 spiro atoms. The van der Waals surface area contributed by atoms with E-state index in [0.29, 0.717) is 0 Å². The molecular weight excluding hydrogens is 102 g/mol. The summed E-state index contributed by atoms with van der Waals surface area (Å²) in [6.07, 6.45) is 1.23. The summed E-state index contributed by atoms with van der Waals surface area (Å²) in [4.78, 5) is 0. The average Bonchev–Trinajstić information content (AvgIpc) is 1.72. The minimum Gasteiger partial charge on any atom is -0.381 e. The number of nitrogens with one attached hydrogen (secondary N) is 1. The van der Waals surface area contributed by atoms with E-state index < -0.39 is 0 Å². The lowest BCUT2D eigenvalue weighted by atomic mass is 9.89. The van der Waals surface area contributed by atoms with Crippen LogP contribution < -0.4 is 5.32 Å². The van der Waals surface area contributed by atoms with Crippen LogP contribution in [-0.2, 0) is 4.74 Å². The monoisotopic (exact) mass is 113 g/mol. The SMILES string of the molecule is C1CC2NCC2CO1. The van der Waals surface area contributed by atoms with E-state index in [0.717, 1.165) is 25.2 Å². The highest BCUT2D eigenvalue weighted by Gasteiger charge is 2.32. The molecule has 0 aliphatic carbocycles. The van der Waals surface area contributed by atoms with Crippen molar-refractivity contribution in [1.82, 2.24) is 5.32 Å². The summed E-state index contributed by atoms with van der Waals surface area (Å²) in [5, 5.41) is 3.37. The van der Waals surface area contributed by atoms with Crippen LogP contribution in [0.3, 0.4) is 0 Å². The summed E-state index contributed by atoms with van der Waals surface area (Å²) in [5.41, 5.74) is 0. The fraction of sp³-hybridized carbons (Fsp3) is 1.00. The molecule has 0 aromatic carbocycles. The van der Waals surface area contributed by atoms with E-state index in [1.165, 1.54) is 13.0 Å². The Bertz CT molecular complexity index is 82.5. The first-order chi connectivity index (χ1) is 3.97. The molecule has 2 atom stereocenters. The smallest absolute Gasteiger partial charge is 0.0521 e. The Morgan fingerprint density at radius 2 is 2.50 bits per heavy atom. The van der Waals surface area contributed by atoms with Crippen molar-refractivity contribution in [1.29, 1.82) is 0 Å². The lowest BCUT2D eigenvalue weighted by Crippen LogP contribution is -2.57. The van der Waals surface area contributed by atoms with Crippen LogP contribution in [0, 0.1) is 5.92 Å². The van der Waals surface area contributed by atoms with Gasteiger partial charge in [-0.3, -0.25) is 0 Å². The molecular formula is C6H11NO. The molecule has 8 heavy (non-hydrogen) atoms. The Kier molecular flexibility index (Phi) is 1.02. The van der Waals surface area contributed by atoms with Crippen LogP contribution in [0.1, 0.15) is 6.42 Å².